The molecule has 0 radical (unpaired) electrons. The monoisotopic (exact) mass is 400 g/mol. The lowest BCUT2D eigenvalue weighted by Gasteiger charge is -2.09. The molecule has 0 unspecified atom stereocenters. The fraction of sp³-hybridized carbons (Fsp3) is 0.217. The topological polar surface area (TPSA) is 81.4 Å². The lowest BCUT2D eigenvalue weighted by atomic mass is 9.98. The summed E-state index contributed by atoms with van der Waals surface area (Å²) in [6, 6.07) is 16.3. The van der Waals surface area contributed by atoms with Crippen LogP contribution in [0.4, 0.5) is 0 Å². The Kier molecular flexibility index (Phi) is 5.70. The Balaban J connectivity index is 1.64. The number of hydrogen-bond donors (Lipinski definition) is 1. The number of nitrogens with zero attached hydrogens (tertiary/aromatic N) is 5. The summed E-state index contributed by atoms with van der Waals surface area (Å²) in [6.45, 7) is 5.19. The largest absolute Gasteiger partial charge is 0.328 e. The molecule has 2 aromatic heterocycles. The molecule has 0 amide bonds. The Morgan fingerprint density at radius 1 is 1.07 bits per heavy atom. The van der Waals surface area contributed by atoms with Gasteiger partial charge in [0.25, 0.3) is 0 Å². The molecule has 2 heterocycles. The predicted molar refractivity (Wildman–Crippen MR) is 117 cm³/mol. The highest BCUT2D eigenvalue weighted by molar-refractivity contribution is 5.80. The fourth-order valence-corrected chi connectivity index (χ4v) is 3.56. The molecule has 152 valence electrons. The molecule has 4 rings (SSSR count). The average Bonchev–Trinajstić information content (AvgIpc) is 3.42. The third kappa shape index (κ3) is 3.87. The molecule has 7 nitrogen and oxygen atoms in total. The molecule has 0 aliphatic heterocycles. The molecule has 4 aromatic rings. The van der Waals surface area contributed by atoms with Gasteiger partial charge in [-0.3, -0.25) is 9.13 Å². The first-order valence-corrected chi connectivity index (χ1v) is 10.0. The Morgan fingerprint density at radius 2 is 1.83 bits per heavy atom. The number of hydrogen-bond acceptors (Lipinski definition) is 4. The van der Waals surface area contributed by atoms with Gasteiger partial charge in [-0.25, -0.2) is 4.79 Å². The van der Waals surface area contributed by atoms with Crippen molar-refractivity contribution in [2.45, 2.75) is 33.4 Å². The van der Waals surface area contributed by atoms with E-state index in [1.54, 1.807) is 4.57 Å². The van der Waals surface area contributed by atoms with Gasteiger partial charge in [-0.05, 0) is 35.8 Å². The number of aromatic amines is 1. The SMILES string of the molecule is C/C=C/Cc1cn(CC)c(=O)n1Cc1ccc(-c2ccccc2-c2nn[nH]n2)cc1. The molecule has 0 saturated carbocycles. The maximum Gasteiger partial charge on any atom is 0.328 e. The Morgan fingerprint density at radius 3 is 2.50 bits per heavy atom. The van der Waals surface area contributed by atoms with Gasteiger partial charge in [0.2, 0.25) is 5.82 Å². The van der Waals surface area contributed by atoms with E-state index in [9.17, 15) is 4.79 Å². The molecule has 30 heavy (non-hydrogen) atoms. The van der Waals surface area contributed by atoms with Crippen molar-refractivity contribution >= 4 is 0 Å². The van der Waals surface area contributed by atoms with Crippen LogP contribution in [0.1, 0.15) is 25.1 Å². The summed E-state index contributed by atoms with van der Waals surface area (Å²) in [5.41, 5.74) is 5.15. The van der Waals surface area contributed by atoms with Gasteiger partial charge in [0, 0.05) is 30.4 Å². The van der Waals surface area contributed by atoms with E-state index in [0.29, 0.717) is 18.9 Å². The van der Waals surface area contributed by atoms with Crippen LogP contribution in [-0.2, 0) is 19.5 Å². The van der Waals surface area contributed by atoms with Gasteiger partial charge in [0.1, 0.15) is 0 Å². The number of tetrazole rings is 1. The number of nitrogens with one attached hydrogen (secondary N) is 1. The van der Waals surface area contributed by atoms with Crippen molar-refractivity contribution in [3.05, 3.63) is 88.6 Å². The molecule has 0 saturated heterocycles. The molecule has 0 spiro atoms. The van der Waals surface area contributed by atoms with Gasteiger partial charge in [0.15, 0.2) is 0 Å². The third-order valence-corrected chi connectivity index (χ3v) is 5.15. The van der Waals surface area contributed by atoms with E-state index in [0.717, 1.165) is 34.4 Å². The molecule has 0 bridgehead atoms. The number of aryl methyl sites for hydroxylation is 1. The maximum atomic E-state index is 12.7. The molecular weight excluding hydrogens is 376 g/mol. The number of aromatic nitrogens is 6. The second-order valence-corrected chi connectivity index (χ2v) is 7.03. The van der Waals surface area contributed by atoms with Crippen molar-refractivity contribution in [2.75, 3.05) is 0 Å². The molecule has 1 N–H and O–H groups in total. The first-order chi connectivity index (χ1) is 14.7. The Hall–Kier alpha value is -3.74. The molecule has 0 aliphatic rings. The minimum atomic E-state index is 0.0310. The van der Waals surface area contributed by atoms with E-state index < -0.39 is 0 Å². The number of imidazole rings is 1. The van der Waals surface area contributed by atoms with E-state index in [1.165, 1.54) is 0 Å². The van der Waals surface area contributed by atoms with Crippen molar-refractivity contribution < 1.29 is 0 Å². The summed E-state index contributed by atoms with van der Waals surface area (Å²) < 4.78 is 3.61. The van der Waals surface area contributed by atoms with Gasteiger partial charge in [-0.2, -0.15) is 5.21 Å². The molecule has 2 aromatic carbocycles. The van der Waals surface area contributed by atoms with Crippen LogP contribution < -0.4 is 5.69 Å². The molecule has 0 atom stereocenters. The summed E-state index contributed by atoms with van der Waals surface area (Å²) in [4.78, 5) is 12.7. The number of rotatable bonds is 7. The second kappa shape index (κ2) is 8.73. The summed E-state index contributed by atoms with van der Waals surface area (Å²) in [7, 11) is 0. The average molecular weight is 400 g/mol. The fourth-order valence-electron chi connectivity index (χ4n) is 3.56. The highest BCUT2D eigenvalue weighted by Gasteiger charge is 2.12. The van der Waals surface area contributed by atoms with Crippen molar-refractivity contribution in [3.63, 3.8) is 0 Å². The highest BCUT2D eigenvalue weighted by Crippen LogP contribution is 2.29. The summed E-state index contributed by atoms with van der Waals surface area (Å²) in [6.07, 6.45) is 6.78. The first kappa shape index (κ1) is 19.6. The Bertz CT molecular complexity index is 1200. The molecule has 0 aliphatic carbocycles. The van der Waals surface area contributed by atoms with E-state index in [4.69, 9.17) is 0 Å². The van der Waals surface area contributed by atoms with E-state index in [2.05, 4.69) is 51.0 Å². The molecular formula is C23H24N6O. The number of allylic oxidation sites excluding steroid dienone is 2. The normalized spacial score (nSPS) is 11.4. The standard InChI is InChI=1S/C23H24N6O/c1-3-5-8-19-16-28(4-2)23(30)29(19)15-17-11-13-18(14-12-17)20-9-6-7-10-21(20)22-24-26-27-25-22/h3,5-7,9-14,16H,4,8,15H2,1-2H3,(H,24,25,26,27)/b5-3+. The van der Waals surface area contributed by atoms with E-state index >= 15 is 0 Å². The minimum Gasteiger partial charge on any atom is -0.299 e. The van der Waals surface area contributed by atoms with E-state index in [-0.39, 0.29) is 5.69 Å². The van der Waals surface area contributed by atoms with E-state index in [1.807, 2.05) is 55.0 Å². The van der Waals surface area contributed by atoms with Crippen molar-refractivity contribution in [2.24, 2.45) is 0 Å². The van der Waals surface area contributed by atoms with Gasteiger partial charge in [-0.1, -0.05) is 60.7 Å². The lowest BCUT2D eigenvalue weighted by molar-refractivity contribution is 0.660. The van der Waals surface area contributed by atoms with Gasteiger partial charge >= 0.3 is 5.69 Å². The Labute approximate surface area is 174 Å². The lowest BCUT2D eigenvalue weighted by Crippen LogP contribution is -2.25. The van der Waals surface area contributed by atoms with Crippen LogP contribution in [0.25, 0.3) is 22.5 Å². The minimum absolute atomic E-state index is 0.0310. The predicted octanol–water partition coefficient (Wildman–Crippen LogP) is 3.68. The van der Waals surface area contributed by atoms with Crippen molar-refractivity contribution in [3.8, 4) is 22.5 Å². The zero-order valence-corrected chi connectivity index (χ0v) is 17.1. The van der Waals surface area contributed by atoms with Gasteiger partial charge in [-0.15, -0.1) is 10.2 Å². The van der Waals surface area contributed by atoms with Crippen LogP contribution in [0.5, 0.6) is 0 Å². The molecule has 7 heteroatoms. The third-order valence-electron chi connectivity index (χ3n) is 5.15. The van der Waals surface area contributed by atoms with Crippen LogP contribution in [-0.4, -0.2) is 29.8 Å². The zero-order valence-electron chi connectivity index (χ0n) is 17.1. The second-order valence-electron chi connectivity index (χ2n) is 7.03. The zero-order chi connectivity index (χ0) is 20.9. The number of H-pyrrole nitrogens is 1. The maximum absolute atomic E-state index is 12.7. The molecule has 0 fully saturated rings. The van der Waals surface area contributed by atoms with Crippen LogP contribution >= 0.6 is 0 Å². The van der Waals surface area contributed by atoms with Crippen LogP contribution in [0, 0.1) is 0 Å². The summed E-state index contributed by atoms with van der Waals surface area (Å²) in [5, 5.41) is 14.4. The highest BCUT2D eigenvalue weighted by atomic mass is 16.1. The smallest absolute Gasteiger partial charge is 0.299 e. The number of benzene rings is 2. The van der Waals surface area contributed by atoms with Crippen LogP contribution in [0.15, 0.2) is 71.7 Å². The first-order valence-electron chi connectivity index (χ1n) is 10.0. The summed E-state index contributed by atoms with van der Waals surface area (Å²) in [5.74, 6) is 0.566. The summed E-state index contributed by atoms with van der Waals surface area (Å²) >= 11 is 0. The van der Waals surface area contributed by atoms with Crippen LogP contribution in [0.3, 0.4) is 0 Å². The van der Waals surface area contributed by atoms with Crippen molar-refractivity contribution in [1.29, 1.82) is 0 Å². The van der Waals surface area contributed by atoms with Gasteiger partial charge < -0.3 is 0 Å². The van der Waals surface area contributed by atoms with Gasteiger partial charge in [0.05, 0.1) is 6.54 Å². The van der Waals surface area contributed by atoms with Crippen molar-refractivity contribution in [1.82, 2.24) is 29.8 Å². The quantitative estimate of drug-likeness (QED) is 0.480. The van der Waals surface area contributed by atoms with Crippen LogP contribution in [0.2, 0.25) is 0 Å².